The van der Waals surface area contributed by atoms with Gasteiger partial charge in [-0.15, -0.1) is 11.6 Å². The maximum atomic E-state index is 6.01. The minimum Gasteiger partial charge on any atom is -0.353 e. The van der Waals surface area contributed by atoms with Gasteiger partial charge in [0.15, 0.2) is 0 Å². The van der Waals surface area contributed by atoms with Gasteiger partial charge in [-0.05, 0) is 49.3 Å². The van der Waals surface area contributed by atoms with E-state index in [4.69, 9.17) is 16.6 Å². The van der Waals surface area contributed by atoms with E-state index in [2.05, 4.69) is 24.0 Å². The maximum Gasteiger partial charge on any atom is 0.129 e. The standard InChI is InChI=1S/C15H21ClN2/c1-2-3-13-6-12(9-16)8-15(17-13)18-10-11-4-5-14(18)7-11/h6,8,11,14H,2-5,7,9-10H2,1H3. The first-order chi connectivity index (χ1) is 8.80. The van der Waals surface area contributed by atoms with Gasteiger partial charge in [0.1, 0.15) is 5.82 Å². The lowest BCUT2D eigenvalue weighted by Gasteiger charge is -2.28. The molecule has 18 heavy (non-hydrogen) atoms. The molecule has 0 spiro atoms. The molecule has 1 aliphatic heterocycles. The third kappa shape index (κ3) is 2.23. The second-order valence-electron chi connectivity index (χ2n) is 5.69. The molecule has 1 aromatic heterocycles. The molecule has 2 fully saturated rings. The summed E-state index contributed by atoms with van der Waals surface area (Å²) in [5, 5.41) is 0. The predicted octanol–water partition coefficient (Wildman–Crippen LogP) is 3.76. The zero-order valence-corrected chi connectivity index (χ0v) is 11.8. The highest BCUT2D eigenvalue weighted by Crippen LogP contribution is 2.39. The van der Waals surface area contributed by atoms with Gasteiger partial charge in [0.2, 0.25) is 0 Å². The topological polar surface area (TPSA) is 16.1 Å². The summed E-state index contributed by atoms with van der Waals surface area (Å²) in [6.45, 7) is 3.40. The van der Waals surface area contributed by atoms with Crippen molar-refractivity contribution >= 4 is 17.4 Å². The van der Waals surface area contributed by atoms with E-state index >= 15 is 0 Å². The number of fused-ring (bicyclic) bond motifs is 2. The largest absolute Gasteiger partial charge is 0.353 e. The first-order valence-electron chi connectivity index (χ1n) is 7.12. The van der Waals surface area contributed by atoms with Crippen molar-refractivity contribution in [3.63, 3.8) is 0 Å². The number of hydrogen-bond donors (Lipinski definition) is 0. The number of alkyl halides is 1. The third-order valence-electron chi connectivity index (χ3n) is 4.29. The van der Waals surface area contributed by atoms with Crippen LogP contribution >= 0.6 is 11.6 Å². The Morgan fingerprint density at radius 2 is 2.28 bits per heavy atom. The molecule has 3 rings (SSSR count). The molecule has 2 unspecified atom stereocenters. The molecular weight excluding hydrogens is 244 g/mol. The molecule has 1 aliphatic carbocycles. The number of halogens is 1. The Morgan fingerprint density at radius 1 is 1.39 bits per heavy atom. The summed E-state index contributed by atoms with van der Waals surface area (Å²) in [7, 11) is 0. The maximum absolute atomic E-state index is 6.01. The summed E-state index contributed by atoms with van der Waals surface area (Å²) in [5.74, 6) is 2.67. The summed E-state index contributed by atoms with van der Waals surface area (Å²) in [6, 6.07) is 5.09. The fraction of sp³-hybridized carbons (Fsp3) is 0.667. The molecule has 2 atom stereocenters. The second-order valence-corrected chi connectivity index (χ2v) is 5.96. The van der Waals surface area contributed by atoms with Gasteiger partial charge in [0, 0.05) is 24.2 Å². The molecule has 0 N–H and O–H groups in total. The number of aromatic nitrogens is 1. The molecule has 1 saturated carbocycles. The Morgan fingerprint density at radius 3 is 2.89 bits per heavy atom. The number of hydrogen-bond acceptors (Lipinski definition) is 2. The molecule has 2 bridgehead atoms. The van der Waals surface area contributed by atoms with Crippen LogP contribution < -0.4 is 4.90 Å². The first kappa shape index (κ1) is 12.3. The van der Waals surface area contributed by atoms with Crippen molar-refractivity contribution in [1.29, 1.82) is 0 Å². The average molecular weight is 265 g/mol. The highest BCUT2D eigenvalue weighted by Gasteiger charge is 2.38. The van der Waals surface area contributed by atoms with Crippen molar-refractivity contribution in [3.05, 3.63) is 23.4 Å². The van der Waals surface area contributed by atoms with Crippen molar-refractivity contribution in [2.75, 3.05) is 11.4 Å². The molecule has 1 saturated heterocycles. The van der Waals surface area contributed by atoms with E-state index in [9.17, 15) is 0 Å². The van der Waals surface area contributed by atoms with E-state index in [1.807, 2.05) is 0 Å². The van der Waals surface area contributed by atoms with Gasteiger partial charge in [-0.3, -0.25) is 0 Å². The normalized spacial score (nSPS) is 26.0. The number of aryl methyl sites for hydroxylation is 1. The van der Waals surface area contributed by atoms with Crippen molar-refractivity contribution in [2.24, 2.45) is 5.92 Å². The molecule has 2 aliphatic rings. The highest BCUT2D eigenvalue weighted by atomic mass is 35.5. The number of anilines is 1. The zero-order chi connectivity index (χ0) is 12.5. The fourth-order valence-electron chi connectivity index (χ4n) is 3.45. The molecule has 2 nitrogen and oxygen atoms in total. The molecule has 0 aromatic carbocycles. The van der Waals surface area contributed by atoms with Crippen LogP contribution in [0.2, 0.25) is 0 Å². The van der Waals surface area contributed by atoms with Gasteiger partial charge in [-0.1, -0.05) is 13.3 Å². The van der Waals surface area contributed by atoms with Crippen molar-refractivity contribution < 1.29 is 0 Å². The summed E-state index contributed by atoms with van der Waals surface area (Å²) < 4.78 is 0. The van der Waals surface area contributed by atoms with Gasteiger partial charge in [-0.25, -0.2) is 4.98 Å². The molecule has 2 heterocycles. The highest BCUT2D eigenvalue weighted by molar-refractivity contribution is 6.17. The lowest BCUT2D eigenvalue weighted by atomic mass is 10.1. The van der Waals surface area contributed by atoms with Crippen LogP contribution in [0.15, 0.2) is 12.1 Å². The van der Waals surface area contributed by atoms with Crippen LogP contribution in [0, 0.1) is 5.92 Å². The van der Waals surface area contributed by atoms with E-state index in [0.717, 1.165) is 24.8 Å². The van der Waals surface area contributed by atoms with Crippen LogP contribution in [0.1, 0.15) is 43.9 Å². The quantitative estimate of drug-likeness (QED) is 0.770. The SMILES string of the molecule is CCCc1cc(CCl)cc(N2CC3CCC2C3)n1. The molecule has 3 heteroatoms. The Hall–Kier alpha value is -0.760. The third-order valence-corrected chi connectivity index (χ3v) is 4.60. The van der Waals surface area contributed by atoms with Crippen LogP contribution in [0.4, 0.5) is 5.82 Å². The minimum absolute atomic E-state index is 0.591. The minimum atomic E-state index is 0.591. The Bertz CT molecular complexity index is 433. The van der Waals surface area contributed by atoms with Crippen LogP contribution in [0.5, 0.6) is 0 Å². The van der Waals surface area contributed by atoms with E-state index in [1.54, 1.807) is 0 Å². The Kier molecular flexibility index (Phi) is 3.47. The van der Waals surface area contributed by atoms with Gasteiger partial charge in [0.25, 0.3) is 0 Å². The molecule has 0 radical (unpaired) electrons. The van der Waals surface area contributed by atoms with Gasteiger partial charge < -0.3 is 4.90 Å². The summed E-state index contributed by atoms with van der Waals surface area (Å²) >= 11 is 6.01. The number of nitrogens with zero attached hydrogens (tertiary/aromatic N) is 2. The molecule has 98 valence electrons. The molecule has 1 aromatic rings. The van der Waals surface area contributed by atoms with Crippen LogP contribution in [0.3, 0.4) is 0 Å². The van der Waals surface area contributed by atoms with Crippen LogP contribution in [-0.4, -0.2) is 17.6 Å². The summed E-state index contributed by atoms with van der Waals surface area (Å²) in [6.07, 6.45) is 6.33. The van der Waals surface area contributed by atoms with E-state index in [1.165, 1.54) is 42.9 Å². The van der Waals surface area contributed by atoms with Crippen LogP contribution in [-0.2, 0) is 12.3 Å². The smallest absolute Gasteiger partial charge is 0.129 e. The second kappa shape index (κ2) is 5.08. The molecule has 0 amide bonds. The monoisotopic (exact) mass is 264 g/mol. The lowest BCUT2D eigenvalue weighted by Crippen LogP contribution is -2.32. The summed E-state index contributed by atoms with van der Waals surface area (Å²) in [4.78, 5) is 7.36. The van der Waals surface area contributed by atoms with Crippen molar-refractivity contribution in [3.8, 4) is 0 Å². The van der Waals surface area contributed by atoms with E-state index in [0.29, 0.717) is 5.88 Å². The lowest BCUT2D eigenvalue weighted by molar-refractivity contribution is 0.550. The van der Waals surface area contributed by atoms with Crippen molar-refractivity contribution in [2.45, 2.75) is 50.9 Å². The van der Waals surface area contributed by atoms with Gasteiger partial charge in [-0.2, -0.15) is 0 Å². The fourth-order valence-corrected chi connectivity index (χ4v) is 3.60. The van der Waals surface area contributed by atoms with E-state index < -0.39 is 0 Å². The average Bonchev–Trinajstić information content (AvgIpc) is 3.01. The van der Waals surface area contributed by atoms with Crippen LogP contribution in [0.25, 0.3) is 0 Å². The number of rotatable bonds is 4. The predicted molar refractivity (Wildman–Crippen MR) is 76.3 cm³/mol. The number of piperidine rings is 1. The zero-order valence-electron chi connectivity index (χ0n) is 11.0. The molecular formula is C15H21ClN2. The Labute approximate surface area is 114 Å². The van der Waals surface area contributed by atoms with E-state index in [-0.39, 0.29) is 0 Å². The summed E-state index contributed by atoms with van der Waals surface area (Å²) in [5.41, 5.74) is 2.42. The first-order valence-corrected chi connectivity index (χ1v) is 7.66. The number of pyridine rings is 1. The Balaban J connectivity index is 1.88. The van der Waals surface area contributed by atoms with Crippen molar-refractivity contribution in [1.82, 2.24) is 4.98 Å². The van der Waals surface area contributed by atoms with Gasteiger partial charge >= 0.3 is 0 Å². The van der Waals surface area contributed by atoms with Gasteiger partial charge in [0.05, 0.1) is 0 Å².